The van der Waals surface area contributed by atoms with Crippen LogP contribution in [0.25, 0.3) is 16.8 Å². The number of hydrogen-bond acceptors (Lipinski definition) is 6. The van der Waals surface area contributed by atoms with Gasteiger partial charge in [0.2, 0.25) is 5.95 Å². The number of rotatable bonds is 5. The van der Waals surface area contributed by atoms with E-state index in [2.05, 4.69) is 9.97 Å². The minimum absolute atomic E-state index is 0.0452. The number of nitrogens with zero attached hydrogens (tertiary/aromatic N) is 2. The first-order valence-electron chi connectivity index (χ1n) is 11.4. The highest BCUT2D eigenvalue weighted by Crippen LogP contribution is 2.42. The summed E-state index contributed by atoms with van der Waals surface area (Å²) >= 11 is 0. The van der Waals surface area contributed by atoms with E-state index in [1.54, 1.807) is 36.4 Å². The average Bonchev–Trinajstić information content (AvgIpc) is 3.42. The topological polar surface area (TPSA) is 133 Å². The number of imidazole rings is 1. The molecule has 1 aliphatic rings. The Morgan fingerprint density at radius 1 is 0.973 bits per heavy atom. The number of fused-ring (bicyclic) bond motifs is 1. The number of anilines is 1. The predicted molar refractivity (Wildman–Crippen MR) is 137 cm³/mol. The van der Waals surface area contributed by atoms with E-state index in [9.17, 15) is 24.6 Å². The van der Waals surface area contributed by atoms with Gasteiger partial charge in [0, 0.05) is 5.56 Å². The van der Waals surface area contributed by atoms with E-state index in [1.807, 2.05) is 19.9 Å². The average molecular weight is 498 g/mol. The molecule has 1 aliphatic heterocycles. The van der Waals surface area contributed by atoms with Crippen molar-refractivity contribution in [3.63, 3.8) is 0 Å². The Balaban J connectivity index is 1.73. The predicted octanol–water partition coefficient (Wildman–Crippen LogP) is 4.51. The van der Waals surface area contributed by atoms with Crippen LogP contribution in [0.1, 0.15) is 38.7 Å². The highest BCUT2D eigenvalue weighted by molar-refractivity contribution is 6.51. The number of hydrogen-bond donors (Lipinski definition) is 3. The summed E-state index contributed by atoms with van der Waals surface area (Å²) in [5, 5.41) is 20.7. The second-order valence-corrected chi connectivity index (χ2v) is 8.84. The standard InChI is InChI=1S/C28H23N3O6/c1-14-7-8-17(11-15(14)2)24(32)22-23(16-5-4-6-19(12-16)37-3)31(26(34)25(22)33)28-29-20-10-9-18(27(35)36)13-21(20)30-28/h4-13,23,32H,1-3H3,(H,29,30)(H,35,36)/b24-22+. The molecule has 1 aromatic heterocycles. The number of aliphatic hydroxyl groups excluding tert-OH is 1. The van der Waals surface area contributed by atoms with E-state index in [-0.39, 0.29) is 22.8 Å². The number of benzene rings is 3. The number of carbonyl (C=O) groups excluding carboxylic acids is 2. The number of aromatic carboxylic acids is 1. The van der Waals surface area contributed by atoms with Crippen LogP contribution in [0.5, 0.6) is 5.75 Å². The molecule has 1 amide bonds. The van der Waals surface area contributed by atoms with Crippen molar-refractivity contribution in [1.29, 1.82) is 0 Å². The first kappa shape index (κ1) is 23.8. The van der Waals surface area contributed by atoms with Crippen LogP contribution in [0.4, 0.5) is 5.95 Å². The summed E-state index contributed by atoms with van der Waals surface area (Å²) in [6.45, 7) is 3.83. The van der Waals surface area contributed by atoms with Crippen molar-refractivity contribution in [3.8, 4) is 5.75 Å². The molecule has 186 valence electrons. The van der Waals surface area contributed by atoms with E-state index in [4.69, 9.17) is 4.74 Å². The first-order chi connectivity index (χ1) is 17.7. The van der Waals surface area contributed by atoms with E-state index in [0.717, 1.165) is 11.1 Å². The molecule has 37 heavy (non-hydrogen) atoms. The molecule has 4 aromatic rings. The molecule has 1 unspecified atom stereocenters. The molecule has 0 bridgehead atoms. The van der Waals surface area contributed by atoms with Crippen molar-refractivity contribution < 1.29 is 29.3 Å². The van der Waals surface area contributed by atoms with Gasteiger partial charge in [0.15, 0.2) is 0 Å². The maximum Gasteiger partial charge on any atom is 0.335 e. The van der Waals surface area contributed by atoms with Crippen molar-refractivity contribution >= 4 is 40.4 Å². The lowest BCUT2D eigenvalue weighted by molar-refractivity contribution is -0.132. The highest BCUT2D eigenvalue weighted by Gasteiger charge is 2.48. The molecule has 3 aromatic carbocycles. The Bertz CT molecular complexity index is 1630. The summed E-state index contributed by atoms with van der Waals surface area (Å²) in [5.41, 5.74) is 3.63. The Kier molecular flexibility index (Phi) is 5.75. The van der Waals surface area contributed by atoms with Gasteiger partial charge in [-0.25, -0.2) is 9.78 Å². The SMILES string of the molecule is COc1cccc(C2/C(=C(\O)c3ccc(C)c(C)c3)C(=O)C(=O)N2c2nc3ccc(C(=O)O)cc3[nH]2)c1. The normalized spacial score (nSPS) is 16.9. The van der Waals surface area contributed by atoms with E-state index in [0.29, 0.717) is 27.9 Å². The van der Waals surface area contributed by atoms with Gasteiger partial charge in [-0.1, -0.05) is 24.3 Å². The van der Waals surface area contributed by atoms with Crippen molar-refractivity contribution in [2.75, 3.05) is 12.0 Å². The number of H-pyrrole nitrogens is 1. The van der Waals surface area contributed by atoms with Gasteiger partial charge in [0.05, 0.1) is 35.3 Å². The number of carboxylic acids is 1. The molecule has 0 aliphatic carbocycles. The number of aromatic amines is 1. The van der Waals surface area contributed by atoms with Crippen LogP contribution in [-0.2, 0) is 9.59 Å². The molecule has 2 heterocycles. The van der Waals surface area contributed by atoms with Gasteiger partial charge in [-0.05, 0) is 66.9 Å². The zero-order valence-electron chi connectivity index (χ0n) is 20.3. The van der Waals surface area contributed by atoms with Gasteiger partial charge in [-0.2, -0.15) is 0 Å². The number of aliphatic hydroxyl groups is 1. The third-order valence-corrected chi connectivity index (χ3v) is 6.58. The van der Waals surface area contributed by atoms with Gasteiger partial charge in [0.1, 0.15) is 11.5 Å². The van der Waals surface area contributed by atoms with E-state index >= 15 is 0 Å². The molecular formula is C28H23N3O6. The fraction of sp³-hybridized carbons (Fsp3) is 0.143. The van der Waals surface area contributed by atoms with Gasteiger partial charge >= 0.3 is 11.9 Å². The molecule has 0 radical (unpaired) electrons. The molecule has 9 nitrogen and oxygen atoms in total. The summed E-state index contributed by atoms with van der Waals surface area (Å²) in [7, 11) is 1.50. The minimum Gasteiger partial charge on any atom is -0.507 e. The molecule has 5 rings (SSSR count). The second kappa shape index (κ2) is 8.94. The zero-order valence-corrected chi connectivity index (χ0v) is 20.3. The first-order valence-corrected chi connectivity index (χ1v) is 11.4. The van der Waals surface area contributed by atoms with Crippen LogP contribution in [0.3, 0.4) is 0 Å². The molecule has 1 saturated heterocycles. The molecular weight excluding hydrogens is 474 g/mol. The van der Waals surface area contributed by atoms with Gasteiger partial charge < -0.3 is 19.9 Å². The lowest BCUT2D eigenvalue weighted by Crippen LogP contribution is -2.30. The van der Waals surface area contributed by atoms with Gasteiger partial charge in [0.25, 0.3) is 5.78 Å². The third kappa shape index (κ3) is 4.00. The fourth-order valence-electron chi connectivity index (χ4n) is 4.47. The van der Waals surface area contributed by atoms with Crippen molar-refractivity contribution in [1.82, 2.24) is 9.97 Å². The number of nitrogens with one attached hydrogen (secondary N) is 1. The Labute approximate surface area is 211 Å². The van der Waals surface area contributed by atoms with Crippen LogP contribution in [0.15, 0.2) is 66.2 Å². The van der Waals surface area contributed by atoms with Crippen LogP contribution in [0.2, 0.25) is 0 Å². The maximum atomic E-state index is 13.4. The van der Waals surface area contributed by atoms with Gasteiger partial charge in [-0.15, -0.1) is 0 Å². The summed E-state index contributed by atoms with van der Waals surface area (Å²) in [4.78, 5) is 46.8. The summed E-state index contributed by atoms with van der Waals surface area (Å²) in [6, 6.07) is 15.5. The molecule has 1 atom stereocenters. The maximum absolute atomic E-state index is 13.4. The number of ketones is 1. The number of aryl methyl sites for hydroxylation is 2. The lowest BCUT2D eigenvalue weighted by Gasteiger charge is -2.23. The lowest BCUT2D eigenvalue weighted by atomic mass is 9.94. The number of carbonyl (C=O) groups is 3. The number of methoxy groups -OCH3 is 1. The minimum atomic E-state index is -1.11. The zero-order chi connectivity index (χ0) is 26.4. The van der Waals surface area contributed by atoms with Crippen molar-refractivity contribution in [3.05, 3.63) is 94.1 Å². The quantitative estimate of drug-likeness (QED) is 0.210. The van der Waals surface area contributed by atoms with Crippen LogP contribution < -0.4 is 9.64 Å². The summed E-state index contributed by atoms with van der Waals surface area (Å²) in [6.07, 6.45) is 0. The van der Waals surface area contributed by atoms with Crippen molar-refractivity contribution in [2.45, 2.75) is 19.9 Å². The number of ether oxygens (including phenoxy) is 1. The number of Topliss-reactive ketones (excluding diaryl/α,β-unsaturated/α-hetero) is 1. The van der Waals surface area contributed by atoms with E-state index < -0.39 is 23.7 Å². The van der Waals surface area contributed by atoms with E-state index in [1.165, 1.54) is 30.2 Å². The highest BCUT2D eigenvalue weighted by atomic mass is 16.5. The van der Waals surface area contributed by atoms with Crippen molar-refractivity contribution in [2.24, 2.45) is 0 Å². The van der Waals surface area contributed by atoms with Gasteiger partial charge in [-0.3, -0.25) is 14.5 Å². The molecule has 0 spiro atoms. The Hall–Kier alpha value is -4.92. The Morgan fingerprint density at radius 2 is 1.73 bits per heavy atom. The third-order valence-electron chi connectivity index (χ3n) is 6.58. The second-order valence-electron chi connectivity index (χ2n) is 8.84. The molecule has 9 heteroatoms. The molecule has 1 fully saturated rings. The number of aromatic nitrogens is 2. The molecule has 3 N–H and O–H groups in total. The monoisotopic (exact) mass is 497 g/mol. The largest absolute Gasteiger partial charge is 0.507 e. The Morgan fingerprint density at radius 3 is 2.43 bits per heavy atom. The van der Waals surface area contributed by atoms with Crippen LogP contribution in [0, 0.1) is 13.8 Å². The summed E-state index contributed by atoms with van der Waals surface area (Å²) < 4.78 is 5.36. The van der Waals surface area contributed by atoms with Crippen LogP contribution in [-0.4, -0.2) is 45.0 Å². The fourth-order valence-corrected chi connectivity index (χ4v) is 4.47. The van der Waals surface area contributed by atoms with Crippen LogP contribution >= 0.6 is 0 Å². The molecule has 0 saturated carbocycles. The number of amides is 1. The number of carboxylic acid groups (broad SMARTS) is 1. The summed E-state index contributed by atoms with van der Waals surface area (Å²) in [5.74, 6) is -2.60. The smallest absolute Gasteiger partial charge is 0.335 e.